The molecule has 0 saturated carbocycles. The zero-order chi connectivity index (χ0) is 19.4. The van der Waals surface area contributed by atoms with E-state index in [1.807, 2.05) is 35.7 Å². The number of benzene rings is 2. The van der Waals surface area contributed by atoms with Gasteiger partial charge in [0.25, 0.3) is 5.69 Å². The second-order valence-electron chi connectivity index (χ2n) is 5.28. The molecule has 9 heteroatoms. The number of halogens is 2. The second-order valence-corrected chi connectivity index (χ2v) is 7.05. The third-order valence-electron chi connectivity index (χ3n) is 3.53. The Morgan fingerprint density at radius 1 is 1.33 bits per heavy atom. The molecule has 134 valence electrons. The number of nitriles is 1. The highest BCUT2D eigenvalue weighted by molar-refractivity contribution is 9.10. The van der Waals surface area contributed by atoms with E-state index in [2.05, 4.69) is 26.2 Å². The Bertz CT molecular complexity index is 1070. The first-order chi connectivity index (χ1) is 13.0. The van der Waals surface area contributed by atoms with E-state index < -0.39 is 10.7 Å². The molecule has 0 unspecified atom stereocenters. The zero-order valence-electron chi connectivity index (χ0n) is 13.5. The minimum atomic E-state index is -0.663. The van der Waals surface area contributed by atoms with Crippen LogP contribution in [0, 0.1) is 27.3 Å². The van der Waals surface area contributed by atoms with Crippen molar-refractivity contribution >= 4 is 44.2 Å². The Morgan fingerprint density at radius 3 is 2.74 bits per heavy atom. The number of non-ortho nitro benzene ring substituents is 1. The summed E-state index contributed by atoms with van der Waals surface area (Å²) in [4.78, 5) is 14.6. The summed E-state index contributed by atoms with van der Waals surface area (Å²) in [6.45, 7) is 0. The average molecular weight is 445 g/mol. The van der Waals surface area contributed by atoms with Crippen LogP contribution in [-0.2, 0) is 0 Å². The summed E-state index contributed by atoms with van der Waals surface area (Å²) in [5.41, 5.74) is 1.45. The monoisotopic (exact) mass is 444 g/mol. The van der Waals surface area contributed by atoms with Gasteiger partial charge >= 0.3 is 0 Å². The van der Waals surface area contributed by atoms with Crippen molar-refractivity contribution < 1.29 is 9.31 Å². The van der Waals surface area contributed by atoms with Crippen LogP contribution in [0.25, 0.3) is 16.8 Å². The molecule has 0 aliphatic rings. The van der Waals surface area contributed by atoms with Crippen molar-refractivity contribution in [3.8, 4) is 17.3 Å². The maximum Gasteiger partial charge on any atom is 0.271 e. The molecule has 27 heavy (non-hydrogen) atoms. The molecule has 1 heterocycles. The average Bonchev–Trinajstić information content (AvgIpc) is 3.14. The number of thiazole rings is 1. The minimum Gasteiger partial charge on any atom is -0.358 e. The van der Waals surface area contributed by atoms with Crippen LogP contribution in [0.1, 0.15) is 5.01 Å². The third-order valence-corrected chi connectivity index (χ3v) is 4.93. The highest BCUT2D eigenvalue weighted by Crippen LogP contribution is 2.28. The largest absolute Gasteiger partial charge is 0.358 e. The first-order valence-corrected chi connectivity index (χ1v) is 9.18. The van der Waals surface area contributed by atoms with Crippen molar-refractivity contribution in [1.82, 2.24) is 4.98 Å². The van der Waals surface area contributed by atoms with E-state index in [0.29, 0.717) is 10.7 Å². The number of nitrogens with one attached hydrogen (secondary N) is 1. The maximum atomic E-state index is 13.8. The maximum absolute atomic E-state index is 13.8. The fraction of sp³-hybridized carbons (Fsp3) is 0. The van der Waals surface area contributed by atoms with Crippen molar-refractivity contribution in [3.05, 3.63) is 79.5 Å². The van der Waals surface area contributed by atoms with Crippen LogP contribution in [0.5, 0.6) is 0 Å². The standard InChI is InChI=1S/C18H10BrFN4O2S/c19-13-3-1-11(2-4-13)17-10-27-18(23-17)12(8-21)9-22-16-7-14(24(25)26)5-6-15(16)20/h1-7,9-10,22H. The smallest absolute Gasteiger partial charge is 0.271 e. The summed E-state index contributed by atoms with van der Waals surface area (Å²) in [6.07, 6.45) is 1.28. The van der Waals surface area contributed by atoms with Crippen molar-refractivity contribution in [1.29, 1.82) is 5.26 Å². The molecule has 0 aliphatic carbocycles. The summed E-state index contributed by atoms with van der Waals surface area (Å²) in [5, 5.41) is 25.1. The van der Waals surface area contributed by atoms with Gasteiger partial charge in [-0.2, -0.15) is 5.26 Å². The van der Waals surface area contributed by atoms with Crippen LogP contribution >= 0.6 is 27.3 Å². The molecule has 0 aliphatic heterocycles. The molecule has 2 aromatic carbocycles. The molecule has 0 atom stereocenters. The highest BCUT2D eigenvalue weighted by atomic mass is 79.9. The lowest BCUT2D eigenvalue weighted by atomic mass is 10.2. The van der Waals surface area contributed by atoms with E-state index in [1.54, 1.807) is 0 Å². The van der Waals surface area contributed by atoms with Gasteiger partial charge in [-0.1, -0.05) is 28.1 Å². The fourth-order valence-corrected chi connectivity index (χ4v) is 3.24. The van der Waals surface area contributed by atoms with Crippen LogP contribution < -0.4 is 5.32 Å². The van der Waals surface area contributed by atoms with Crippen molar-refractivity contribution in [2.75, 3.05) is 5.32 Å². The van der Waals surface area contributed by atoms with Gasteiger partial charge in [-0.15, -0.1) is 11.3 Å². The first kappa shape index (κ1) is 18.7. The molecule has 0 fully saturated rings. The van der Waals surface area contributed by atoms with Gasteiger partial charge in [-0.3, -0.25) is 10.1 Å². The number of hydrogen-bond donors (Lipinski definition) is 1. The van der Waals surface area contributed by atoms with E-state index >= 15 is 0 Å². The molecule has 1 aromatic heterocycles. The lowest BCUT2D eigenvalue weighted by Crippen LogP contribution is -1.96. The molecule has 0 saturated heterocycles. The number of aromatic nitrogens is 1. The van der Waals surface area contributed by atoms with E-state index in [9.17, 15) is 19.8 Å². The van der Waals surface area contributed by atoms with Crippen LogP contribution in [0.2, 0.25) is 0 Å². The van der Waals surface area contributed by atoms with Gasteiger partial charge in [0.05, 0.1) is 16.3 Å². The van der Waals surface area contributed by atoms with E-state index in [-0.39, 0.29) is 16.9 Å². The highest BCUT2D eigenvalue weighted by Gasteiger charge is 2.12. The molecule has 0 spiro atoms. The molecular formula is C18H10BrFN4O2S. The lowest BCUT2D eigenvalue weighted by molar-refractivity contribution is -0.384. The molecule has 0 amide bonds. The quantitative estimate of drug-likeness (QED) is 0.314. The SMILES string of the molecule is N#CC(=CNc1cc([N+](=O)[O-])ccc1F)c1nc(-c2ccc(Br)cc2)cs1. The molecule has 0 bridgehead atoms. The Morgan fingerprint density at radius 2 is 2.07 bits per heavy atom. The van der Waals surface area contributed by atoms with E-state index in [4.69, 9.17) is 0 Å². The summed E-state index contributed by atoms with van der Waals surface area (Å²) in [5.74, 6) is -0.663. The Hall–Kier alpha value is -3.09. The number of nitro benzene ring substituents is 1. The number of nitro groups is 1. The van der Waals surface area contributed by atoms with Crippen LogP contribution in [0.15, 0.2) is 58.5 Å². The van der Waals surface area contributed by atoms with E-state index in [0.717, 1.165) is 28.2 Å². The predicted octanol–water partition coefficient (Wildman–Crippen LogP) is 5.60. The number of anilines is 1. The van der Waals surface area contributed by atoms with Crippen molar-refractivity contribution in [3.63, 3.8) is 0 Å². The van der Waals surface area contributed by atoms with Gasteiger partial charge in [0.15, 0.2) is 0 Å². The number of nitrogens with zero attached hydrogens (tertiary/aromatic N) is 3. The van der Waals surface area contributed by atoms with E-state index in [1.165, 1.54) is 17.5 Å². The first-order valence-electron chi connectivity index (χ1n) is 7.50. The van der Waals surface area contributed by atoms with Gasteiger partial charge in [0, 0.05) is 33.7 Å². The summed E-state index contributed by atoms with van der Waals surface area (Å²) >= 11 is 4.64. The van der Waals surface area contributed by atoms with Crippen LogP contribution in [0.4, 0.5) is 15.8 Å². The summed E-state index contributed by atoms with van der Waals surface area (Å²) < 4.78 is 14.8. The van der Waals surface area contributed by atoms with Crippen LogP contribution in [-0.4, -0.2) is 9.91 Å². The van der Waals surface area contributed by atoms with Gasteiger partial charge in [0.2, 0.25) is 0 Å². The molecule has 1 N–H and O–H groups in total. The van der Waals surface area contributed by atoms with Crippen molar-refractivity contribution in [2.45, 2.75) is 0 Å². The number of rotatable bonds is 5. The lowest BCUT2D eigenvalue weighted by Gasteiger charge is -2.03. The summed E-state index contributed by atoms with van der Waals surface area (Å²) in [6, 6.07) is 12.7. The number of hydrogen-bond acceptors (Lipinski definition) is 6. The normalized spacial score (nSPS) is 11.1. The van der Waals surface area contributed by atoms with Gasteiger partial charge < -0.3 is 5.32 Å². The predicted molar refractivity (Wildman–Crippen MR) is 106 cm³/mol. The van der Waals surface area contributed by atoms with Crippen molar-refractivity contribution in [2.24, 2.45) is 0 Å². The second kappa shape index (κ2) is 8.07. The molecular weight excluding hydrogens is 435 g/mol. The van der Waals surface area contributed by atoms with Gasteiger partial charge in [0.1, 0.15) is 22.5 Å². The Balaban J connectivity index is 1.86. The molecule has 3 aromatic rings. The molecule has 0 radical (unpaired) electrons. The van der Waals surface area contributed by atoms with Gasteiger partial charge in [-0.05, 0) is 18.2 Å². The zero-order valence-corrected chi connectivity index (χ0v) is 15.9. The Kier molecular flexibility index (Phi) is 5.59. The van der Waals surface area contributed by atoms with Crippen LogP contribution in [0.3, 0.4) is 0 Å². The summed E-state index contributed by atoms with van der Waals surface area (Å²) in [7, 11) is 0. The molecule has 6 nitrogen and oxygen atoms in total. The molecule has 3 rings (SSSR count). The van der Waals surface area contributed by atoms with Gasteiger partial charge in [-0.25, -0.2) is 9.37 Å². The number of allylic oxidation sites excluding steroid dienone is 1. The fourth-order valence-electron chi connectivity index (χ4n) is 2.18. The third kappa shape index (κ3) is 4.36. The minimum absolute atomic E-state index is 0.0957. The Labute approximate surface area is 165 Å². The topological polar surface area (TPSA) is 91.8 Å².